The van der Waals surface area contributed by atoms with Crippen molar-refractivity contribution in [3.05, 3.63) is 28.2 Å². The van der Waals surface area contributed by atoms with E-state index >= 15 is 0 Å². The van der Waals surface area contributed by atoms with Crippen molar-refractivity contribution < 1.29 is 9.53 Å². The lowest BCUT2D eigenvalue weighted by Gasteiger charge is -2.36. The maximum Gasteiger partial charge on any atom is 0.244 e. The monoisotopic (exact) mass is 326 g/mol. The molecule has 0 bridgehead atoms. The Morgan fingerprint density at radius 1 is 1.37 bits per heavy atom. The Morgan fingerprint density at radius 2 is 2.05 bits per heavy atom. The number of benzene rings is 1. The largest absolute Gasteiger partial charge is 0.496 e. The van der Waals surface area contributed by atoms with Crippen molar-refractivity contribution in [2.75, 3.05) is 7.11 Å². The number of nitrogens with two attached hydrogens (primary N) is 1. The molecule has 0 atom stereocenters. The molecule has 19 heavy (non-hydrogen) atoms. The Hall–Kier alpha value is -1.07. The molecular weight excluding hydrogens is 308 g/mol. The third-order valence-corrected chi connectivity index (χ3v) is 4.60. The van der Waals surface area contributed by atoms with E-state index in [1.807, 2.05) is 18.2 Å². The molecule has 1 aromatic carbocycles. The van der Waals surface area contributed by atoms with Crippen LogP contribution in [-0.4, -0.2) is 13.0 Å². The quantitative estimate of drug-likeness (QED) is 0.510. The van der Waals surface area contributed by atoms with Crippen LogP contribution in [0.5, 0.6) is 5.75 Å². The molecule has 0 saturated heterocycles. The summed E-state index contributed by atoms with van der Waals surface area (Å²) in [5.74, 6) is 6.06. The summed E-state index contributed by atoms with van der Waals surface area (Å²) in [6.45, 7) is 0. The maximum absolute atomic E-state index is 12.3. The Kier molecular flexibility index (Phi) is 4.47. The molecule has 0 spiro atoms. The van der Waals surface area contributed by atoms with Gasteiger partial charge < -0.3 is 4.74 Å². The second-order valence-corrected chi connectivity index (χ2v) is 5.82. The maximum atomic E-state index is 12.3. The molecule has 1 aromatic rings. The zero-order chi connectivity index (χ0) is 13.9. The lowest BCUT2D eigenvalue weighted by molar-refractivity contribution is -0.128. The summed E-state index contributed by atoms with van der Waals surface area (Å²) >= 11 is 3.48. The summed E-state index contributed by atoms with van der Waals surface area (Å²) < 4.78 is 6.10. The van der Waals surface area contributed by atoms with E-state index in [0.717, 1.165) is 41.5 Å². The predicted molar refractivity (Wildman–Crippen MR) is 77.8 cm³/mol. The van der Waals surface area contributed by atoms with E-state index in [9.17, 15) is 4.79 Å². The van der Waals surface area contributed by atoms with E-state index in [4.69, 9.17) is 10.6 Å². The first-order chi connectivity index (χ1) is 9.14. The predicted octanol–water partition coefficient (Wildman–Crippen LogP) is 2.65. The third-order valence-electron chi connectivity index (χ3n) is 3.98. The number of ether oxygens (including phenoxy) is 1. The topological polar surface area (TPSA) is 64.3 Å². The smallest absolute Gasteiger partial charge is 0.244 e. The summed E-state index contributed by atoms with van der Waals surface area (Å²) in [6, 6.07) is 5.82. The fourth-order valence-corrected chi connectivity index (χ4v) is 3.45. The molecule has 0 unspecified atom stereocenters. The van der Waals surface area contributed by atoms with E-state index in [1.165, 1.54) is 6.42 Å². The zero-order valence-electron chi connectivity index (χ0n) is 11.0. The molecule has 0 aromatic heterocycles. The van der Waals surface area contributed by atoms with Gasteiger partial charge in [-0.2, -0.15) is 0 Å². The van der Waals surface area contributed by atoms with Gasteiger partial charge in [0.1, 0.15) is 5.75 Å². The minimum atomic E-state index is -0.498. The van der Waals surface area contributed by atoms with E-state index in [1.54, 1.807) is 7.11 Å². The van der Waals surface area contributed by atoms with Gasteiger partial charge in [-0.15, -0.1) is 0 Å². The number of hydrogen-bond donors (Lipinski definition) is 2. The standard InChI is InChI=1S/C14H19BrN2O2/c1-19-12-6-5-10(9-11(12)15)14(13(18)17-16)7-3-2-4-8-14/h5-6,9H,2-4,7-8,16H2,1H3,(H,17,18). The first kappa shape index (κ1) is 14.3. The molecule has 0 radical (unpaired) electrons. The molecule has 1 amide bonds. The number of amides is 1. The average molecular weight is 327 g/mol. The van der Waals surface area contributed by atoms with E-state index in [-0.39, 0.29) is 5.91 Å². The van der Waals surface area contributed by atoms with Gasteiger partial charge in [-0.05, 0) is 46.5 Å². The molecule has 1 aliphatic rings. The number of carbonyl (C=O) groups is 1. The van der Waals surface area contributed by atoms with Crippen molar-refractivity contribution in [3.63, 3.8) is 0 Å². The molecule has 4 nitrogen and oxygen atoms in total. The van der Waals surface area contributed by atoms with Gasteiger partial charge in [-0.1, -0.05) is 25.3 Å². The van der Waals surface area contributed by atoms with Crippen molar-refractivity contribution in [2.24, 2.45) is 5.84 Å². The van der Waals surface area contributed by atoms with Crippen LogP contribution >= 0.6 is 15.9 Å². The lowest BCUT2D eigenvalue weighted by Crippen LogP contribution is -2.48. The van der Waals surface area contributed by atoms with Crippen LogP contribution in [0.4, 0.5) is 0 Å². The summed E-state index contributed by atoms with van der Waals surface area (Å²) in [7, 11) is 1.63. The number of carbonyl (C=O) groups excluding carboxylic acids is 1. The Labute approximate surface area is 121 Å². The molecule has 0 heterocycles. The lowest BCUT2D eigenvalue weighted by atomic mass is 9.69. The Balaban J connectivity index is 2.43. The molecule has 2 rings (SSSR count). The first-order valence-corrected chi connectivity index (χ1v) is 7.28. The van der Waals surface area contributed by atoms with Crippen LogP contribution in [0.3, 0.4) is 0 Å². The van der Waals surface area contributed by atoms with Gasteiger partial charge >= 0.3 is 0 Å². The third kappa shape index (κ3) is 2.62. The normalized spacial score (nSPS) is 17.8. The van der Waals surface area contributed by atoms with Crippen molar-refractivity contribution in [1.82, 2.24) is 5.43 Å². The molecule has 1 saturated carbocycles. The minimum absolute atomic E-state index is 0.0933. The summed E-state index contributed by atoms with van der Waals surface area (Å²) in [5.41, 5.74) is 2.84. The van der Waals surface area contributed by atoms with E-state index < -0.39 is 5.41 Å². The number of hydrogen-bond acceptors (Lipinski definition) is 3. The Bertz CT molecular complexity index is 471. The van der Waals surface area contributed by atoms with Gasteiger partial charge in [-0.25, -0.2) is 5.84 Å². The van der Waals surface area contributed by atoms with Crippen molar-refractivity contribution in [1.29, 1.82) is 0 Å². The van der Waals surface area contributed by atoms with Gasteiger partial charge in [0.05, 0.1) is 17.0 Å². The van der Waals surface area contributed by atoms with Gasteiger partial charge in [-0.3, -0.25) is 10.2 Å². The number of nitrogens with one attached hydrogen (secondary N) is 1. The van der Waals surface area contributed by atoms with Crippen molar-refractivity contribution in [3.8, 4) is 5.75 Å². The Morgan fingerprint density at radius 3 is 2.58 bits per heavy atom. The molecule has 3 N–H and O–H groups in total. The van der Waals surface area contributed by atoms with Crippen LogP contribution in [0.25, 0.3) is 0 Å². The fraction of sp³-hybridized carbons (Fsp3) is 0.500. The average Bonchev–Trinajstić information content (AvgIpc) is 2.47. The number of halogens is 1. The second kappa shape index (κ2) is 5.92. The van der Waals surface area contributed by atoms with Crippen LogP contribution < -0.4 is 16.0 Å². The highest BCUT2D eigenvalue weighted by atomic mass is 79.9. The van der Waals surface area contributed by atoms with Gasteiger partial charge in [0, 0.05) is 0 Å². The summed E-state index contributed by atoms with van der Waals surface area (Å²) in [5, 5.41) is 0. The van der Waals surface area contributed by atoms with E-state index in [2.05, 4.69) is 21.4 Å². The van der Waals surface area contributed by atoms with Gasteiger partial charge in [0.15, 0.2) is 0 Å². The molecule has 1 fully saturated rings. The van der Waals surface area contributed by atoms with Crippen molar-refractivity contribution >= 4 is 21.8 Å². The van der Waals surface area contributed by atoms with Crippen LogP contribution in [0.2, 0.25) is 0 Å². The van der Waals surface area contributed by atoms with Crippen LogP contribution in [0.1, 0.15) is 37.7 Å². The molecule has 104 valence electrons. The van der Waals surface area contributed by atoms with Crippen LogP contribution in [-0.2, 0) is 10.2 Å². The van der Waals surface area contributed by atoms with Gasteiger partial charge in [0.25, 0.3) is 0 Å². The van der Waals surface area contributed by atoms with Crippen molar-refractivity contribution in [2.45, 2.75) is 37.5 Å². The zero-order valence-corrected chi connectivity index (χ0v) is 12.6. The minimum Gasteiger partial charge on any atom is -0.496 e. The molecule has 5 heteroatoms. The number of rotatable bonds is 3. The highest BCUT2D eigenvalue weighted by molar-refractivity contribution is 9.10. The highest BCUT2D eigenvalue weighted by Crippen LogP contribution is 2.41. The SMILES string of the molecule is COc1ccc(C2(C(=O)NN)CCCCC2)cc1Br. The number of methoxy groups -OCH3 is 1. The molecular formula is C14H19BrN2O2. The second-order valence-electron chi connectivity index (χ2n) is 4.97. The fourth-order valence-electron chi connectivity index (χ4n) is 2.90. The summed E-state index contributed by atoms with van der Waals surface area (Å²) in [4.78, 5) is 12.3. The summed E-state index contributed by atoms with van der Waals surface area (Å²) in [6.07, 6.45) is 4.97. The number of hydrazine groups is 1. The highest BCUT2D eigenvalue weighted by Gasteiger charge is 2.41. The van der Waals surface area contributed by atoms with Crippen LogP contribution in [0.15, 0.2) is 22.7 Å². The van der Waals surface area contributed by atoms with Crippen LogP contribution in [0, 0.1) is 0 Å². The van der Waals surface area contributed by atoms with Gasteiger partial charge in [0.2, 0.25) is 5.91 Å². The molecule has 0 aliphatic heterocycles. The van der Waals surface area contributed by atoms with E-state index in [0.29, 0.717) is 0 Å². The first-order valence-electron chi connectivity index (χ1n) is 6.49. The molecule has 1 aliphatic carbocycles.